The summed E-state index contributed by atoms with van der Waals surface area (Å²) in [7, 11) is 0.106. The monoisotopic (exact) mass is 424 g/mol. The van der Waals surface area contributed by atoms with Gasteiger partial charge in [-0.05, 0) is 6.42 Å². The maximum absolute atomic E-state index is 10.6. The Morgan fingerprint density at radius 3 is 2.77 bits per heavy atom. The van der Waals surface area contributed by atoms with Crippen molar-refractivity contribution >= 4 is 60.7 Å². The van der Waals surface area contributed by atoms with Gasteiger partial charge in [0, 0.05) is 17.2 Å². The topological polar surface area (TPSA) is 26.3 Å². The van der Waals surface area contributed by atoms with E-state index in [9.17, 15) is 4.79 Å². The van der Waals surface area contributed by atoms with Crippen molar-refractivity contribution in [2.24, 2.45) is 0 Å². The van der Waals surface area contributed by atoms with Crippen LogP contribution in [0.4, 0.5) is 0 Å². The number of hydrogen-bond acceptors (Lipinski definition) is 2. The minimum atomic E-state index is -0.307. The molecule has 0 unspecified atom stereocenters. The second-order valence-electron chi connectivity index (χ2n) is 2.61. The largest absolute Gasteiger partial charge is 0.463 e. The van der Waals surface area contributed by atoms with Crippen LogP contribution in [0.25, 0.3) is 0 Å². The molecule has 0 amide bonds. The molecule has 13 heavy (non-hydrogen) atoms. The number of unbranched alkanes of at least 4 members (excludes halogenated alkanes) is 1. The Morgan fingerprint density at radius 2 is 2.23 bits per heavy atom. The summed E-state index contributed by atoms with van der Waals surface area (Å²) < 4.78 is 5.71. The van der Waals surface area contributed by atoms with Crippen LogP contribution in [0.1, 0.15) is 12.8 Å². The van der Waals surface area contributed by atoms with E-state index in [0.29, 0.717) is 6.61 Å². The molecule has 0 aromatic carbocycles. The van der Waals surface area contributed by atoms with E-state index in [0.717, 1.165) is 7.98 Å². The first-order chi connectivity index (χ1) is 6.16. The number of ether oxygens (including phenoxy) is 1. The summed E-state index contributed by atoms with van der Waals surface area (Å²) in [5.74, 6) is -0.307. The first kappa shape index (κ1) is 13.9. The average Bonchev–Trinajstić information content (AvgIpc) is 2.10. The van der Waals surface area contributed by atoms with E-state index in [4.69, 9.17) is 4.74 Å². The molecule has 0 spiro atoms. The normalized spacial score (nSPS) is 11.0. The highest BCUT2D eigenvalue weighted by Crippen LogP contribution is 2.10. The van der Waals surface area contributed by atoms with Gasteiger partial charge >= 0.3 is 5.97 Å². The van der Waals surface area contributed by atoms with Gasteiger partial charge in [-0.2, -0.15) is 0 Å². The molecule has 5 heteroatoms. The lowest BCUT2D eigenvalue weighted by atomic mass is 10.4. The Morgan fingerprint density at radius 1 is 1.54 bits per heavy atom. The predicted molar refractivity (Wildman–Crippen MR) is 75.6 cm³/mol. The number of rotatable bonds is 7. The van der Waals surface area contributed by atoms with E-state index >= 15 is 0 Å². The van der Waals surface area contributed by atoms with Crippen LogP contribution in [0.2, 0.25) is 6.04 Å². The number of hydrogen-bond donors (Lipinski definition) is 0. The summed E-state index contributed by atoms with van der Waals surface area (Å²) in [6, 6.07) is 1.35. The predicted octanol–water partition coefficient (Wildman–Crippen LogP) is 2.24. The van der Waals surface area contributed by atoms with Gasteiger partial charge in [0.25, 0.3) is 0 Å². The number of halogens is 2. The Kier molecular flexibility index (Phi) is 10.1. The summed E-state index contributed by atoms with van der Waals surface area (Å²) in [5, 5.41) is 0. The van der Waals surface area contributed by atoms with Gasteiger partial charge in [0.15, 0.2) is 0 Å². The molecular formula is C8H14I2O2Si. The number of carbonyl (C=O) groups is 1. The molecule has 0 aromatic rings. The fourth-order valence-corrected chi connectivity index (χ4v) is 4.40. The molecule has 0 aliphatic carbocycles. The van der Waals surface area contributed by atoms with Crippen LogP contribution < -0.4 is 0 Å². The van der Waals surface area contributed by atoms with Crippen LogP contribution in [0.15, 0.2) is 12.7 Å². The Bertz CT molecular complexity index is 162. The number of alkyl halides is 2. The Labute approximate surface area is 109 Å². The quantitative estimate of drug-likeness (QED) is 0.157. The molecule has 0 saturated carbocycles. The highest BCUT2D eigenvalue weighted by Gasteiger charge is 1.99. The Balaban J connectivity index is 3.08. The zero-order valence-corrected chi connectivity index (χ0v) is 13.2. The first-order valence-electron chi connectivity index (χ1n) is 4.24. The maximum atomic E-state index is 10.6. The molecule has 0 fully saturated rings. The van der Waals surface area contributed by atoms with Crippen molar-refractivity contribution in [3.8, 4) is 0 Å². The van der Waals surface area contributed by atoms with Gasteiger partial charge in [-0.15, -0.1) is 0 Å². The SMILES string of the molecule is C=CC(=O)OCCCC[SiH2]C(I)I. The summed E-state index contributed by atoms with van der Waals surface area (Å²) in [6.07, 6.45) is 3.40. The molecule has 0 bridgehead atoms. The highest BCUT2D eigenvalue weighted by molar-refractivity contribution is 14.2. The van der Waals surface area contributed by atoms with E-state index in [2.05, 4.69) is 51.8 Å². The molecule has 0 rings (SSSR count). The molecule has 2 nitrogen and oxygen atoms in total. The van der Waals surface area contributed by atoms with Gasteiger partial charge < -0.3 is 4.74 Å². The molecule has 0 aliphatic rings. The van der Waals surface area contributed by atoms with E-state index in [1.54, 1.807) is 0 Å². The standard InChI is InChI=1S/C8H14I2O2Si/c1-2-7(11)12-5-3-4-6-13-8(9)10/h2,8H,1,3-6,13H2. The lowest BCUT2D eigenvalue weighted by Crippen LogP contribution is -2.03. The Hall–Kier alpha value is 0.887. The van der Waals surface area contributed by atoms with Gasteiger partial charge in [-0.3, -0.25) is 0 Å². The van der Waals surface area contributed by atoms with Crippen LogP contribution in [-0.4, -0.2) is 23.7 Å². The molecule has 0 radical (unpaired) electrons. The highest BCUT2D eigenvalue weighted by atomic mass is 127. The van der Waals surface area contributed by atoms with Crippen molar-refractivity contribution < 1.29 is 9.53 Å². The fraction of sp³-hybridized carbons (Fsp3) is 0.625. The van der Waals surface area contributed by atoms with Gasteiger partial charge in [0.05, 0.1) is 6.61 Å². The second-order valence-corrected chi connectivity index (χ2v) is 13.4. The summed E-state index contributed by atoms with van der Waals surface area (Å²) >= 11 is 4.94. The molecule has 0 saturated heterocycles. The maximum Gasteiger partial charge on any atom is 0.330 e. The van der Waals surface area contributed by atoms with Crippen molar-refractivity contribution in [1.82, 2.24) is 0 Å². The third kappa shape index (κ3) is 10.8. The van der Waals surface area contributed by atoms with Gasteiger partial charge in [-0.25, -0.2) is 4.79 Å². The third-order valence-corrected chi connectivity index (χ3v) is 6.56. The van der Waals surface area contributed by atoms with Crippen molar-refractivity contribution in [3.63, 3.8) is 0 Å². The van der Waals surface area contributed by atoms with Gasteiger partial charge in [-0.1, -0.05) is 64.2 Å². The van der Waals surface area contributed by atoms with E-state index < -0.39 is 0 Å². The van der Waals surface area contributed by atoms with Crippen LogP contribution in [0, 0.1) is 0 Å². The lowest BCUT2D eigenvalue weighted by Gasteiger charge is -2.02. The molecule has 0 atom stereocenters. The number of esters is 1. The minimum absolute atomic E-state index is 0.106. The molecule has 0 N–H and O–H groups in total. The lowest BCUT2D eigenvalue weighted by molar-refractivity contribution is -0.137. The van der Waals surface area contributed by atoms with Crippen LogP contribution >= 0.6 is 45.2 Å². The molecule has 0 heterocycles. The number of carbonyl (C=O) groups excluding carboxylic acids is 1. The van der Waals surface area contributed by atoms with Crippen LogP contribution in [0.3, 0.4) is 0 Å². The van der Waals surface area contributed by atoms with Crippen LogP contribution in [-0.2, 0) is 9.53 Å². The van der Waals surface area contributed by atoms with E-state index in [-0.39, 0.29) is 15.5 Å². The summed E-state index contributed by atoms with van der Waals surface area (Å²) in [6.45, 7) is 3.88. The van der Waals surface area contributed by atoms with Crippen molar-refractivity contribution in [3.05, 3.63) is 12.7 Å². The van der Waals surface area contributed by atoms with E-state index in [1.807, 2.05) is 0 Å². The molecule has 76 valence electrons. The summed E-state index contributed by atoms with van der Waals surface area (Å²) in [5.41, 5.74) is 0. The minimum Gasteiger partial charge on any atom is -0.463 e. The van der Waals surface area contributed by atoms with Crippen molar-refractivity contribution in [2.45, 2.75) is 20.4 Å². The zero-order chi connectivity index (χ0) is 10.1. The zero-order valence-electron chi connectivity index (χ0n) is 7.47. The third-order valence-electron chi connectivity index (χ3n) is 1.48. The van der Waals surface area contributed by atoms with Crippen molar-refractivity contribution in [1.29, 1.82) is 0 Å². The van der Waals surface area contributed by atoms with Gasteiger partial charge in [0.2, 0.25) is 0 Å². The molecule has 0 aromatic heterocycles. The summed E-state index contributed by atoms with van der Waals surface area (Å²) in [4.78, 5) is 10.6. The fourth-order valence-electron chi connectivity index (χ4n) is 0.809. The van der Waals surface area contributed by atoms with E-state index in [1.165, 1.54) is 18.5 Å². The smallest absolute Gasteiger partial charge is 0.330 e. The molecular weight excluding hydrogens is 410 g/mol. The first-order valence-corrected chi connectivity index (χ1v) is 8.55. The van der Waals surface area contributed by atoms with Gasteiger partial charge in [0.1, 0.15) is 0 Å². The second kappa shape index (κ2) is 9.44. The average molecular weight is 424 g/mol. The van der Waals surface area contributed by atoms with Crippen LogP contribution in [0.5, 0.6) is 0 Å². The van der Waals surface area contributed by atoms with Crippen molar-refractivity contribution in [2.75, 3.05) is 6.61 Å². The molecule has 0 aliphatic heterocycles.